The molecular weight excluding hydrogens is 411 g/mol. The molecule has 4 nitrogen and oxygen atoms in total. The van der Waals surface area contributed by atoms with Gasteiger partial charge in [-0.25, -0.2) is 0 Å². The second kappa shape index (κ2) is 10.9. The molecule has 5 heteroatoms. The van der Waals surface area contributed by atoms with Gasteiger partial charge in [0.2, 0.25) is 0 Å². The Hall–Kier alpha value is -0.820. The lowest BCUT2D eigenvalue weighted by Gasteiger charge is -2.20. The van der Waals surface area contributed by atoms with Crippen LogP contribution in [0.3, 0.4) is 0 Å². The van der Waals surface area contributed by atoms with Crippen molar-refractivity contribution in [3.63, 3.8) is 0 Å². The molecule has 0 aliphatic heterocycles. The lowest BCUT2D eigenvalue weighted by atomic mass is 9.96. The maximum atomic E-state index is 4.35. The Kier molecular flexibility index (Phi) is 9.66. The molecular formula is C19H33IN4. The summed E-state index contributed by atoms with van der Waals surface area (Å²) in [6.07, 6.45) is 3.68. The molecule has 1 fully saturated rings. The van der Waals surface area contributed by atoms with Crippen LogP contribution in [-0.4, -0.2) is 50.6 Å². The first-order chi connectivity index (χ1) is 11.2. The Morgan fingerprint density at radius 3 is 2.33 bits per heavy atom. The summed E-state index contributed by atoms with van der Waals surface area (Å²) in [6.45, 7) is 9.77. The van der Waals surface area contributed by atoms with Crippen molar-refractivity contribution in [2.75, 3.05) is 39.8 Å². The summed E-state index contributed by atoms with van der Waals surface area (Å²) in [5.41, 5.74) is 1.77. The largest absolute Gasteiger partial charge is 0.356 e. The van der Waals surface area contributed by atoms with Crippen LogP contribution < -0.4 is 10.6 Å². The summed E-state index contributed by atoms with van der Waals surface area (Å²) < 4.78 is 0. The Morgan fingerprint density at radius 2 is 1.79 bits per heavy atom. The van der Waals surface area contributed by atoms with E-state index >= 15 is 0 Å². The van der Waals surface area contributed by atoms with Crippen molar-refractivity contribution in [2.24, 2.45) is 4.99 Å². The van der Waals surface area contributed by atoms with E-state index in [-0.39, 0.29) is 24.0 Å². The van der Waals surface area contributed by atoms with Crippen molar-refractivity contribution in [1.82, 2.24) is 15.5 Å². The van der Waals surface area contributed by atoms with Gasteiger partial charge in [-0.2, -0.15) is 0 Å². The Morgan fingerprint density at radius 1 is 1.12 bits per heavy atom. The van der Waals surface area contributed by atoms with Crippen molar-refractivity contribution < 1.29 is 0 Å². The van der Waals surface area contributed by atoms with Crippen molar-refractivity contribution in [1.29, 1.82) is 0 Å². The minimum absolute atomic E-state index is 0. The van der Waals surface area contributed by atoms with Crippen LogP contribution in [0.15, 0.2) is 35.3 Å². The highest BCUT2D eigenvalue weighted by molar-refractivity contribution is 14.0. The lowest BCUT2D eigenvalue weighted by molar-refractivity contribution is 0.300. The predicted octanol–water partition coefficient (Wildman–Crippen LogP) is 3.23. The predicted molar refractivity (Wildman–Crippen MR) is 115 cm³/mol. The van der Waals surface area contributed by atoms with E-state index in [1.165, 1.54) is 18.4 Å². The van der Waals surface area contributed by atoms with Crippen LogP contribution in [0.4, 0.5) is 0 Å². The number of hydrogen-bond acceptors (Lipinski definition) is 2. The van der Waals surface area contributed by atoms with E-state index in [2.05, 4.69) is 64.7 Å². The van der Waals surface area contributed by atoms with Crippen LogP contribution in [0.5, 0.6) is 0 Å². The van der Waals surface area contributed by atoms with Crippen LogP contribution in [0.1, 0.15) is 38.7 Å². The summed E-state index contributed by atoms with van der Waals surface area (Å²) in [5.74, 6) is 0.923. The number of rotatable bonds is 9. The fourth-order valence-electron chi connectivity index (χ4n) is 3.03. The number of hydrogen-bond donors (Lipinski definition) is 2. The highest BCUT2D eigenvalue weighted by Crippen LogP contribution is 2.47. The molecule has 0 heterocycles. The van der Waals surface area contributed by atoms with E-state index in [1.54, 1.807) is 0 Å². The number of halogens is 1. The summed E-state index contributed by atoms with van der Waals surface area (Å²) in [6, 6.07) is 10.8. The summed E-state index contributed by atoms with van der Waals surface area (Å²) in [7, 11) is 1.85. The van der Waals surface area contributed by atoms with E-state index in [0.29, 0.717) is 5.41 Å². The fraction of sp³-hybridized carbons (Fsp3) is 0.632. The van der Waals surface area contributed by atoms with E-state index in [1.807, 2.05) is 7.05 Å². The van der Waals surface area contributed by atoms with Crippen LogP contribution in [0.2, 0.25) is 0 Å². The van der Waals surface area contributed by atoms with E-state index < -0.39 is 0 Å². The van der Waals surface area contributed by atoms with Crippen LogP contribution >= 0.6 is 24.0 Å². The van der Waals surface area contributed by atoms with Gasteiger partial charge in [0.1, 0.15) is 0 Å². The molecule has 2 rings (SSSR count). The number of nitrogens with zero attached hydrogens (tertiary/aromatic N) is 2. The minimum Gasteiger partial charge on any atom is -0.356 e. The van der Waals surface area contributed by atoms with Crippen molar-refractivity contribution in [3.8, 4) is 0 Å². The Balaban J connectivity index is 0.00000288. The zero-order valence-electron chi connectivity index (χ0n) is 15.3. The van der Waals surface area contributed by atoms with Gasteiger partial charge in [-0.05, 0) is 44.5 Å². The van der Waals surface area contributed by atoms with Crippen LogP contribution in [0, 0.1) is 0 Å². The Bertz CT molecular complexity index is 481. The summed E-state index contributed by atoms with van der Waals surface area (Å²) in [4.78, 5) is 6.80. The van der Waals surface area contributed by atoms with Gasteiger partial charge in [0, 0.05) is 25.6 Å². The normalized spacial score (nSPS) is 15.8. The van der Waals surface area contributed by atoms with Crippen LogP contribution in [0.25, 0.3) is 0 Å². The smallest absolute Gasteiger partial charge is 0.191 e. The summed E-state index contributed by atoms with van der Waals surface area (Å²) in [5, 5.41) is 6.95. The number of benzene rings is 1. The number of aliphatic imine (C=N–C) groups is 1. The standard InChI is InChI=1S/C19H32N4.HI/c1-4-23(5-2)15-9-14-21-18(20-3)22-16-19(12-13-19)17-10-7-6-8-11-17;/h6-8,10-11H,4-5,9,12-16H2,1-3H3,(H2,20,21,22);1H. The molecule has 1 aliphatic rings. The van der Waals surface area contributed by atoms with E-state index in [0.717, 1.165) is 45.1 Å². The van der Waals surface area contributed by atoms with Crippen LogP contribution in [-0.2, 0) is 5.41 Å². The third-order valence-electron chi connectivity index (χ3n) is 4.90. The molecule has 0 amide bonds. The van der Waals surface area contributed by atoms with Gasteiger partial charge in [0.25, 0.3) is 0 Å². The highest BCUT2D eigenvalue weighted by atomic mass is 127. The summed E-state index contributed by atoms with van der Waals surface area (Å²) >= 11 is 0. The van der Waals surface area contributed by atoms with E-state index in [4.69, 9.17) is 0 Å². The molecule has 0 saturated heterocycles. The molecule has 2 N–H and O–H groups in total. The zero-order chi connectivity index (χ0) is 16.5. The average Bonchev–Trinajstić information content (AvgIpc) is 3.39. The monoisotopic (exact) mass is 444 g/mol. The second-order valence-corrected chi connectivity index (χ2v) is 6.38. The molecule has 136 valence electrons. The second-order valence-electron chi connectivity index (χ2n) is 6.38. The fourth-order valence-corrected chi connectivity index (χ4v) is 3.03. The molecule has 1 aromatic rings. The third kappa shape index (κ3) is 6.24. The van der Waals surface area contributed by atoms with Gasteiger partial charge in [-0.3, -0.25) is 4.99 Å². The molecule has 0 spiro atoms. The Labute approximate surface area is 164 Å². The minimum atomic E-state index is 0. The van der Waals surface area contributed by atoms with E-state index in [9.17, 15) is 0 Å². The van der Waals surface area contributed by atoms with Gasteiger partial charge >= 0.3 is 0 Å². The SMILES string of the molecule is CCN(CC)CCCNC(=NC)NCC1(c2ccccc2)CC1.I. The lowest BCUT2D eigenvalue weighted by Crippen LogP contribution is -2.42. The molecule has 0 radical (unpaired) electrons. The topological polar surface area (TPSA) is 39.7 Å². The van der Waals surface area contributed by atoms with Crippen molar-refractivity contribution in [3.05, 3.63) is 35.9 Å². The number of guanidine groups is 1. The first kappa shape index (κ1) is 21.2. The van der Waals surface area contributed by atoms with Crippen molar-refractivity contribution in [2.45, 2.75) is 38.5 Å². The quantitative estimate of drug-likeness (QED) is 0.266. The van der Waals surface area contributed by atoms with Gasteiger partial charge < -0.3 is 15.5 Å². The molecule has 0 aromatic heterocycles. The maximum absolute atomic E-state index is 4.35. The zero-order valence-corrected chi connectivity index (χ0v) is 17.7. The van der Waals surface area contributed by atoms with Gasteiger partial charge in [0.05, 0.1) is 0 Å². The van der Waals surface area contributed by atoms with Gasteiger partial charge in [-0.1, -0.05) is 44.2 Å². The third-order valence-corrected chi connectivity index (χ3v) is 4.90. The van der Waals surface area contributed by atoms with Gasteiger partial charge in [-0.15, -0.1) is 24.0 Å². The molecule has 0 atom stereocenters. The maximum Gasteiger partial charge on any atom is 0.191 e. The average molecular weight is 444 g/mol. The first-order valence-corrected chi connectivity index (χ1v) is 8.96. The van der Waals surface area contributed by atoms with Gasteiger partial charge in [0.15, 0.2) is 5.96 Å². The first-order valence-electron chi connectivity index (χ1n) is 8.96. The molecule has 1 saturated carbocycles. The molecule has 1 aliphatic carbocycles. The van der Waals surface area contributed by atoms with Crippen molar-refractivity contribution >= 4 is 29.9 Å². The number of nitrogens with one attached hydrogen (secondary N) is 2. The highest BCUT2D eigenvalue weighted by Gasteiger charge is 2.43. The molecule has 0 bridgehead atoms. The molecule has 1 aromatic carbocycles. The molecule has 0 unspecified atom stereocenters. The molecule has 24 heavy (non-hydrogen) atoms.